The third-order valence-electron chi connectivity index (χ3n) is 2.11. The lowest BCUT2D eigenvalue weighted by atomic mass is 10.2. The normalized spacial score (nSPS) is 11.9. The summed E-state index contributed by atoms with van der Waals surface area (Å²) in [6, 6.07) is 4.19. The van der Waals surface area contributed by atoms with Crippen molar-refractivity contribution in [3.05, 3.63) is 31.8 Å². The van der Waals surface area contributed by atoms with E-state index in [2.05, 4.69) is 43.8 Å². The molecule has 0 aliphatic heterocycles. The number of methoxy groups -OCH3 is 1. The largest absolute Gasteiger partial charge is 0.480 e. The van der Waals surface area contributed by atoms with Gasteiger partial charge in [-0.15, -0.1) is 0 Å². The minimum absolute atomic E-state index is 0.0807. The van der Waals surface area contributed by atoms with Crippen molar-refractivity contribution in [1.82, 2.24) is 5.32 Å². The van der Waals surface area contributed by atoms with Crippen LogP contribution in [-0.2, 0) is 9.53 Å². The van der Waals surface area contributed by atoms with Crippen LogP contribution < -0.4 is 5.32 Å². The number of hydrogen-bond donors (Lipinski definition) is 2. The third kappa shape index (κ3) is 4.21. The number of nitrogens with one attached hydrogen (secondary N) is 1. The van der Waals surface area contributed by atoms with Gasteiger partial charge in [-0.25, -0.2) is 4.79 Å². The van der Waals surface area contributed by atoms with Gasteiger partial charge in [-0.1, -0.05) is 0 Å². The number of rotatable bonds is 5. The Balaban J connectivity index is 2.86. The van der Waals surface area contributed by atoms with Crippen molar-refractivity contribution in [2.75, 3.05) is 13.7 Å². The predicted octanol–water partition coefficient (Wildman–Crippen LogP) is 1.88. The van der Waals surface area contributed by atoms with Crippen LogP contribution >= 0.6 is 38.5 Å². The number of carboxylic acid groups (broad SMARTS) is 1. The van der Waals surface area contributed by atoms with Crippen LogP contribution in [0.25, 0.3) is 0 Å². The number of carboxylic acids is 1. The standard InChI is InChI=1S/C11H11BrINO4/c1-18-5-9(11(16)17)14-10(15)7-4-6(13)2-3-8(7)12/h2-4,9H,5H2,1H3,(H,14,15)(H,16,17). The number of hydrogen-bond acceptors (Lipinski definition) is 3. The fourth-order valence-electron chi connectivity index (χ4n) is 1.25. The molecule has 0 aliphatic rings. The smallest absolute Gasteiger partial charge is 0.328 e. The second-order valence-electron chi connectivity index (χ2n) is 3.44. The number of benzene rings is 1. The molecule has 1 atom stereocenters. The van der Waals surface area contributed by atoms with Gasteiger partial charge in [-0.3, -0.25) is 4.79 Å². The Hall–Kier alpha value is -0.670. The number of amides is 1. The molecule has 1 unspecified atom stereocenters. The topological polar surface area (TPSA) is 75.6 Å². The van der Waals surface area contributed by atoms with E-state index >= 15 is 0 Å². The highest BCUT2D eigenvalue weighted by Crippen LogP contribution is 2.19. The minimum atomic E-state index is -1.13. The van der Waals surface area contributed by atoms with Crippen LogP contribution in [0.4, 0.5) is 0 Å². The van der Waals surface area contributed by atoms with E-state index < -0.39 is 17.9 Å². The molecule has 0 aromatic heterocycles. The fraction of sp³-hybridized carbons (Fsp3) is 0.273. The summed E-state index contributed by atoms with van der Waals surface area (Å²) in [5.74, 6) is -1.59. The van der Waals surface area contributed by atoms with E-state index in [4.69, 9.17) is 9.84 Å². The van der Waals surface area contributed by atoms with Crippen molar-refractivity contribution in [2.24, 2.45) is 0 Å². The molecule has 5 nitrogen and oxygen atoms in total. The van der Waals surface area contributed by atoms with E-state index in [1.54, 1.807) is 12.1 Å². The first-order valence-electron chi connectivity index (χ1n) is 4.93. The Labute approximate surface area is 126 Å². The molecule has 1 amide bonds. The number of aliphatic carboxylic acids is 1. The van der Waals surface area contributed by atoms with E-state index in [-0.39, 0.29) is 6.61 Å². The van der Waals surface area contributed by atoms with Crippen LogP contribution in [0.15, 0.2) is 22.7 Å². The average molecular weight is 428 g/mol. The van der Waals surface area contributed by atoms with E-state index in [0.29, 0.717) is 10.0 Å². The van der Waals surface area contributed by atoms with Crippen LogP contribution in [0.5, 0.6) is 0 Å². The molecule has 0 aliphatic carbocycles. The van der Waals surface area contributed by atoms with Crippen LogP contribution in [-0.4, -0.2) is 36.7 Å². The first kappa shape index (κ1) is 15.4. The van der Waals surface area contributed by atoms with Gasteiger partial charge in [0.2, 0.25) is 0 Å². The Morgan fingerprint density at radius 3 is 2.78 bits per heavy atom. The van der Waals surface area contributed by atoms with Gasteiger partial charge in [0.25, 0.3) is 5.91 Å². The lowest BCUT2D eigenvalue weighted by molar-refractivity contribution is -0.140. The number of carbonyl (C=O) groups is 2. The second kappa shape index (κ2) is 7.05. The third-order valence-corrected chi connectivity index (χ3v) is 3.47. The number of carbonyl (C=O) groups excluding carboxylic acids is 1. The molecule has 18 heavy (non-hydrogen) atoms. The molecule has 7 heteroatoms. The lowest BCUT2D eigenvalue weighted by Crippen LogP contribution is -2.43. The zero-order valence-corrected chi connectivity index (χ0v) is 13.2. The summed E-state index contributed by atoms with van der Waals surface area (Å²) in [6.45, 7) is -0.0807. The molecular weight excluding hydrogens is 417 g/mol. The summed E-state index contributed by atoms with van der Waals surface area (Å²) in [7, 11) is 1.38. The highest BCUT2D eigenvalue weighted by atomic mass is 127. The predicted molar refractivity (Wildman–Crippen MR) is 77.6 cm³/mol. The Bertz CT molecular complexity index is 466. The van der Waals surface area contributed by atoms with Gasteiger partial charge in [-0.2, -0.15) is 0 Å². The average Bonchev–Trinajstić information content (AvgIpc) is 2.31. The van der Waals surface area contributed by atoms with Gasteiger partial charge < -0.3 is 15.2 Å². The summed E-state index contributed by atoms with van der Waals surface area (Å²) in [4.78, 5) is 22.8. The van der Waals surface area contributed by atoms with Gasteiger partial charge in [0.15, 0.2) is 6.04 Å². The van der Waals surface area contributed by atoms with Crippen molar-refractivity contribution >= 4 is 50.4 Å². The Morgan fingerprint density at radius 1 is 1.56 bits per heavy atom. The van der Waals surface area contributed by atoms with Crippen molar-refractivity contribution < 1.29 is 19.4 Å². The highest BCUT2D eigenvalue weighted by Gasteiger charge is 2.21. The molecule has 1 aromatic rings. The highest BCUT2D eigenvalue weighted by molar-refractivity contribution is 14.1. The van der Waals surface area contributed by atoms with Gasteiger partial charge in [-0.05, 0) is 56.7 Å². The Morgan fingerprint density at radius 2 is 2.22 bits per heavy atom. The second-order valence-corrected chi connectivity index (χ2v) is 5.54. The molecule has 1 rings (SSSR count). The summed E-state index contributed by atoms with van der Waals surface area (Å²) < 4.78 is 6.25. The van der Waals surface area contributed by atoms with Crippen LogP contribution in [0, 0.1) is 3.57 Å². The van der Waals surface area contributed by atoms with Gasteiger partial charge in [0.1, 0.15) is 0 Å². The maximum absolute atomic E-state index is 11.9. The first-order valence-corrected chi connectivity index (χ1v) is 6.80. The van der Waals surface area contributed by atoms with Gasteiger partial charge in [0.05, 0.1) is 12.2 Å². The zero-order valence-electron chi connectivity index (χ0n) is 9.44. The lowest BCUT2D eigenvalue weighted by Gasteiger charge is -2.14. The molecule has 98 valence electrons. The van der Waals surface area contributed by atoms with E-state index in [0.717, 1.165) is 3.57 Å². The number of ether oxygens (including phenoxy) is 1. The summed E-state index contributed by atoms with van der Waals surface area (Å²) in [5.41, 5.74) is 0.393. The Kier molecular flexibility index (Phi) is 6.03. The maximum atomic E-state index is 11.9. The minimum Gasteiger partial charge on any atom is -0.480 e. The van der Waals surface area contributed by atoms with Crippen molar-refractivity contribution in [2.45, 2.75) is 6.04 Å². The summed E-state index contributed by atoms with van der Waals surface area (Å²) in [6.07, 6.45) is 0. The molecule has 1 aromatic carbocycles. The van der Waals surface area contributed by atoms with Crippen LogP contribution in [0.1, 0.15) is 10.4 Å². The number of halogens is 2. The van der Waals surface area contributed by atoms with Crippen molar-refractivity contribution in [1.29, 1.82) is 0 Å². The van der Waals surface area contributed by atoms with Crippen molar-refractivity contribution in [3.8, 4) is 0 Å². The van der Waals surface area contributed by atoms with Crippen LogP contribution in [0.3, 0.4) is 0 Å². The van der Waals surface area contributed by atoms with Gasteiger partial charge in [0, 0.05) is 15.2 Å². The molecule has 0 saturated heterocycles. The SMILES string of the molecule is COCC(NC(=O)c1cc(I)ccc1Br)C(=O)O. The van der Waals surface area contributed by atoms with Crippen molar-refractivity contribution in [3.63, 3.8) is 0 Å². The molecule has 0 heterocycles. The van der Waals surface area contributed by atoms with Gasteiger partial charge >= 0.3 is 5.97 Å². The quantitative estimate of drug-likeness (QED) is 0.703. The van der Waals surface area contributed by atoms with E-state index in [1.807, 2.05) is 6.07 Å². The summed E-state index contributed by atoms with van der Waals surface area (Å²) in [5, 5.41) is 11.3. The zero-order chi connectivity index (χ0) is 13.7. The molecule has 0 spiro atoms. The fourth-order valence-corrected chi connectivity index (χ4v) is 2.17. The molecule has 0 saturated carbocycles. The summed E-state index contributed by atoms with van der Waals surface area (Å²) >= 11 is 5.33. The molecular formula is C11H11BrINO4. The van der Waals surface area contributed by atoms with E-state index in [1.165, 1.54) is 7.11 Å². The first-order chi connectivity index (χ1) is 8.45. The molecule has 0 radical (unpaired) electrons. The molecule has 0 fully saturated rings. The van der Waals surface area contributed by atoms with Crippen LogP contribution in [0.2, 0.25) is 0 Å². The maximum Gasteiger partial charge on any atom is 0.328 e. The monoisotopic (exact) mass is 427 g/mol. The molecule has 2 N–H and O–H groups in total. The molecule has 0 bridgehead atoms. The van der Waals surface area contributed by atoms with E-state index in [9.17, 15) is 9.59 Å².